The summed E-state index contributed by atoms with van der Waals surface area (Å²) in [7, 11) is 0. The summed E-state index contributed by atoms with van der Waals surface area (Å²) in [4.78, 5) is 0. The quantitative estimate of drug-likeness (QED) is 0.697. The van der Waals surface area contributed by atoms with E-state index in [1.807, 2.05) is 0 Å². The summed E-state index contributed by atoms with van der Waals surface area (Å²) < 4.78 is 23.0. The highest BCUT2D eigenvalue weighted by Crippen LogP contribution is 2.46. The van der Waals surface area contributed by atoms with E-state index in [4.69, 9.17) is 24.7 Å². The second-order valence-electron chi connectivity index (χ2n) is 4.90. The first-order chi connectivity index (χ1) is 7.76. The van der Waals surface area contributed by atoms with E-state index < -0.39 is 11.6 Å². The number of rotatable bonds is 1. The van der Waals surface area contributed by atoms with E-state index in [0.717, 1.165) is 12.8 Å². The van der Waals surface area contributed by atoms with Crippen LogP contribution in [0, 0.1) is 5.92 Å². The van der Waals surface area contributed by atoms with Gasteiger partial charge >= 0.3 is 0 Å². The van der Waals surface area contributed by atoms with Crippen LogP contribution in [-0.4, -0.2) is 44.5 Å². The van der Waals surface area contributed by atoms with Crippen molar-refractivity contribution in [3.8, 4) is 0 Å². The first kappa shape index (κ1) is 10.9. The van der Waals surface area contributed by atoms with Gasteiger partial charge in [-0.3, -0.25) is 0 Å². The zero-order valence-corrected chi connectivity index (χ0v) is 9.44. The third-order valence-electron chi connectivity index (χ3n) is 3.70. The van der Waals surface area contributed by atoms with Crippen molar-refractivity contribution in [3.63, 3.8) is 0 Å². The van der Waals surface area contributed by atoms with E-state index in [9.17, 15) is 0 Å². The summed E-state index contributed by atoms with van der Waals surface area (Å²) >= 11 is 0. The Labute approximate surface area is 95.2 Å². The molecule has 92 valence electrons. The van der Waals surface area contributed by atoms with Crippen LogP contribution in [-0.2, 0) is 18.9 Å². The number of ether oxygens (including phenoxy) is 4. The Morgan fingerprint density at radius 3 is 1.69 bits per heavy atom. The third kappa shape index (κ3) is 1.76. The summed E-state index contributed by atoms with van der Waals surface area (Å²) in [6, 6.07) is 0. The Hall–Kier alpha value is -0.200. The fourth-order valence-corrected chi connectivity index (χ4v) is 3.11. The van der Waals surface area contributed by atoms with Crippen LogP contribution in [0.2, 0.25) is 0 Å². The molecule has 1 saturated carbocycles. The van der Waals surface area contributed by atoms with Crippen molar-refractivity contribution in [2.24, 2.45) is 11.7 Å². The average molecular weight is 229 g/mol. The van der Waals surface area contributed by atoms with E-state index in [2.05, 4.69) is 0 Å². The fourth-order valence-electron chi connectivity index (χ4n) is 3.11. The lowest BCUT2D eigenvalue weighted by atomic mass is 9.80. The molecule has 0 aromatic carbocycles. The van der Waals surface area contributed by atoms with Crippen LogP contribution < -0.4 is 5.73 Å². The smallest absolute Gasteiger partial charge is 0.173 e. The lowest BCUT2D eigenvalue weighted by Crippen LogP contribution is -2.51. The van der Waals surface area contributed by atoms with Gasteiger partial charge in [-0.05, 0) is 12.5 Å². The van der Waals surface area contributed by atoms with Gasteiger partial charge in [-0.15, -0.1) is 0 Å². The Kier molecular flexibility index (Phi) is 2.68. The van der Waals surface area contributed by atoms with Gasteiger partial charge in [0.05, 0.1) is 32.8 Å². The summed E-state index contributed by atoms with van der Waals surface area (Å²) in [6.07, 6.45) is 2.40. The molecule has 5 nitrogen and oxygen atoms in total. The number of hydrogen-bond donors (Lipinski definition) is 1. The molecule has 1 aliphatic carbocycles. The van der Waals surface area contributed by atoms with Gasteiger partial charge in [0.1, 0.15) is 0 Å². The number of hydrogen-bond acceptors (Lipinski definition) is 5. The maximum Gasteiger partial charge on any atom is 0.173 e. The van der Waals surface area contributed by atoms with Gasteiger partial charge in [0.15, 0.2) is 11.6 Å². The van der Waals surface area contributed by atoms with Crippen molar-refractivity contribution < 1.29 is 18.9 Å². The van der Waals surface area contributed by atoms with E-state index >= 15 is 0 Å². The monoisotopic (exact) mass is 229 g/mol. The second-order valence-corrected chi connectivity index (χ2v) is 4.90. The van der Waals surface area contributed by atoms with Gasteiger partial charge in [0, 0.05) is 12.8 Å². The van der Waals surface area contributed by atoms with Crippen molar-refractivity contribution in [2.75, 3.05) is 33.0 Å². The molecule has 2 spiro atoms. The summed E-state index contributed by atoms with van der Waals surface area (Å²) in [5.74, 6) is -0.663. The predicted octanol–water partition coefficient (Wildman–Crippen LogP) is 0.231. The highest BCUT2D eigenvalue weighted by Gasteiger charge is 2.54. The van der Waals surface area contributed by atoms with E-state index in [1.54, 1.807) is 0 Å². The van der Waals surface area contributed by atoms with Gasteiger partial charge in [0.25, 0.3) is 0 Å². The molecule has 5 heteroatoms. The highest BCUT2D eigenvalue weighted by atomic mass is 16.8. The van der Waals surface area contributed by atoms with Crippen molar-refractivity contribution >= 4 is 0 Å². The lowest BCUT2D eigenvalue weighted by molar-refractivity contribution is -0.283. The third-order valence-corrected chi connectivity index (χ3v) is 3.70. The molecule has 0 radical (unpaired) electrons. The molecule has 3 aliphatic rings. The van der Waals surface area contributed by atoms with Crippen LogP contribution >= 0.6 is 0 Å². The van der Waals surface area contributed by atoms with Gasteiger partial charge < -0.3 is 24.7 Å². The molecule has 3 rings (SSSR count). The lowest BCUT2D eigenvalue weighted by Gasteiger charge is -2.44. The van der Waals surface area contributed by atoms with Crippen LogP contribution in [0.25, 0.3) is 0 Å². The molecule has 2 aliphatic heterocycles. The molecular formula is C11H19NO4. The molecule has 0 aromatic rings. The zero-order valence-electron chi connectivity index (χ0n) is 9.44. The van der Waals surface area contributed by atoms with Crippen LogP contribution in [0.3, 0.4) is 0 Å². The Balaban J connectivity index is 1.81. The predicted molar refractivity (Wildman–Crippen MR) is 55.7 cm³/mol. The van der Waals surface area contributed by atoms with Crippen LogP contribution in [0.15, 0.2) is 0 Å². The first-order valence-electron chi connectivity index (χ1n) is 6.02. The molecule has 0 amide bonds. The minimum atomic E-state index is -0.507. The summed E-state index contributed by atoms with van der Waals surface area (Å²) in [5, 5.41) is 0. The van der Waals surface area contributed by atoms with Crippen molar-refractivity contribution in [2.45, 2.75) is 30.8 Å². The second kappa shape index (κ2) is 3.92. The van der Waals surface area contributed by atoms with E-state index in [0.29, 0.717) is 45.3 Å². The Morgan fingerprint density at radius 2 is 1.31 bits per heavy atom. The Bertz CT molecular complexity index is 235. The van der Waals surface area contributed by atoms with Gasteiger partial charge in [-0.2, -0.15) is 0 Å². The molecule has 0 atom stereocenters. The van der Waals surface area contributed by atoms with Crippen LogP contribution in [0.5, 0.6) is 0 Å². The molecule has 0 aromatic heterocycles. The van der Waals surface area contributed by atoms with E-state index in [-0.39, 0.29) is 0 Å². The highest BCUT2D eigenvalue weighted by molar-refractivity contribution is 4.94. The van der Waals surface area contributed by atoms with Crippen molar-refractivity contribution in [1.82, 2.24) is 0 Å². The molecule has 3 fully saturated rings. The molecule has 2 N–H and O–H groups in total. The normalized spacial score (nSPS) is 36.2. The molecule has 0 unspecified atom stereocenters. The maximum atomic E-state index is 5.78. The van der Waals surface area contributed by atoms with Gasteiger partial charge in [-0.25, -0.2) is 0 Å². The zero-order chi connectivity index (χ0) is 11.1. The SMILES string of the molecule is NCC1CC2(CC3(C1)OCCO3)OCCO2. The van der Waals surface area contributed by atoms with Gasteiger partial charge in [-0.1, -0.05) is 0 Å². The van der Waals surface area contributed by atoms with Crippen LogP contribution in [0.4, 0.5) is 0 Å². The summed E-state index contributed by atoms with van der Waals surface area (Å²) in [6.45, 7) is 3.27. The van der Waals surface area contributed by atoms with Crippen molar-refractivity contribution in [3.05, 3.63) is 0 Å². The topological polar surface area (TPSA) is 62.9 Å². The molecule has 0 bridgehead atoms. The maximum absolute atomic E-state index is 5.78. The number of nitrogens with two attached hydrogens (primary N) is 1. The molecule has 16 heavy (non-hydrogen) atoms. The Morgan fingerprint density at radius 1 is 0.875 bits per heavy atom. The minimum absolute atomic E-state index is 0.352. The molecular weight excluding hydrogens is 210 g/mol. The standard InChI is InChI=1S/C11H19NO4/c12-7-9-5-10(13-1-2-14-10)8-11(6-9)15-3-4-16-11/h9H,1-8,12H2. The van der Waals surface area contributed by atoms with Gasteiger partial charge in [0.2, 0.25) is 0 Å². The molecule has 2 heterocycles. The van der Waals surface area contributed by atoms with Crippen molar-refractivity contribution in [1.29, 1.82) is 0 Å². The first-order valence-corrected chi connectivity index (χ1v) is 6.02. The molecule has 2 saturated heterocycles. The summed E-state index contributed by atoms with van der Waals surface area (Å²) in [5.41, 5.74) is 5.78. The minimum Gasteiger partial charge on any atom is -0.347 e. The van der Waals surface area contributed by atoms with Crippen LogP contribution in [0.1, 0.15) is 19.3 Å². The average Bonchev–Trinajstić information content (AvgIpc) is 2.89. The largest absolute Gasteiger partial charge is 0.347 e. The van der Waals surface area contributed by atoms with E-state index in [1.165, 1.54) is 0 Å². The fraction of sp³-hybridized carbons (Fsp3) is 1.00.